The lowest BCUT2D eigenvalue weighted by molar-refractivity contribution is 0.722. The van der Waals surface area contributed by atoms with Gasteiger partial charge in [0.1, 0.15) is 0 Å². The molecular weight excluding hydrogens is 324 g/mol. The van der Waals surface area contributed by atoms with Gasteiger partial charge in [-0.1, -0.05) is 48.0 Å². The maximum atomic E-state index is 6.00. The molecule has 0 aliphatic carbocycles. The summed E-state index contributed by atoms with van der Waals surface area (Å²) in [5.41, 5.74) is 3.35. The molecule has 1 aromatic heterocycles. The Hall–Kier alpha value is -2.10. The van der Waals surface area contributed by atoms with Crippen LogP contribution in [0, 0.1) is 0 Å². The fourth-order valence-corrected chi connectivity index (χ4v) is 3.79. The zero-order chi connectivity index (χ0) is 15.6. The number of thiophene rings is 1. The fraction of sp³-hybridized carbons (Fsp3) is 0.105. The van der Waals surface area contributed by atoms with E-state index in [2.05, 4.69) is 46.8 Å². The summed E-state index contributed by atoms with van der Waals surface area (Å²) in [7, 11) is 0. The standard InChI is InChI=1S/C19H15ClN2S/c20-15-10-8-14(9-11-15)17-13-18(19-7-4-12-23-19)22(21-17)16-5-2-1-3-6-16/h1-12,18H,13H2. The molecule has 1 unspecified atom stereocenters. The van der Waals surface area contributed by atoms with Crippen LogP contribution in [0.3, 0.4) is 0 Å². The lowest BCUT2D eigenvalue weighted by atomic mass is 10.0. The third-order valence-corrected chi connectivity index (χ3v) is 5.21. The Morgan fingerprint density at radius 1 is 0.957 bits per heavy atom. The zero-order valence-corrected chi connectivity index (χ0v) is 14.0. The predicted octanol–water partition coefficient (Wildman–Crippen LogP) is 5.76. The Morgan fingerprint density at radius 3 is 2.43 bits per heavy atom. The van der Waals surface area contributed by atoms with Gasteiger partial charge in [-0.3, -0.25) is 5.01 Å². The highest BCUT2D eigenvalue weighted by Crippen LogP contribution is 2.38. The molecule has 2 aromatic carbocycles. The molecule has 0 spiro atoms. The summed E-state index contributed by atoms with van der Waals surface area (Å²) in [5.74, 6) is 0. The quantitative estimate of drug-likeness (QED) is 0.593. The lowest BCUT2D eigenvalue weighted by Gasteiger charge is -2.22. The molecule has 0 amide bonds. The van der Waals surface area contributed by atoms with Crippen molar-refractivity contribution < 1.29 is 0 Å². The molecule has 0 bridgehead atoms. The number of hydrogen-bond acceptors (Lipinski definition) is 3. The van der Waals surface area contributed by atoms with Gasteiger partial charge in [-0.25, -0.2) is 0 Å². The Morgan fingerprint density at radius 2 is 1.74 bits per heavy atom. The van der Waals surface area contributed by atoms with Crippen molar-refractivity contribution in [3.8, 4) is 0 Å². The van der Waals surface area contributed by atoms with E-state index in [1.165, 1.54) is 4.88 Å². The SMILES string of the molecule is Clc1ccc(C2=NN(c3ccccc3)C(c3cccs3)C2)cc1. The molecule has 1 aliphatic rings. The monoisotopic (exact) mass is 338 g/mol. The maximum Gasteiger partial charge on any atom is 0.0923 e. The van der Waals surface area contributed by atoms with E-state index in [1.807, 2.05) is 30.3 Å². The van der Waals surface area contributed by atoms with Crippen LogP contribution in [0.5, 0.6) is 0 Å². The van der Waals surface area contributed by atoms with Crippen LogP contribution in [0.25, 0.3) is 0 Å². The third kappa shape index (κ3) is 2.90. The van der Waals surface area contributed by atoms with E-state index in [0.29, 0.717) is 0 Å². The number of hydrogen-bond donors (Lipinski definition) is 0. The molecule has 2 nitrogen and oxygen atoms in total. The summed E-state index contributed by atoms with van der Waals surface area (Å²) in [6.07, 6.45) is 0.900. The van der Waals surface area contributed by atoms with Crippen LogP contribution in [0.15, 0.2) is 77.2 Å². The van der Waals surface area contributed by atoms with Crippen LogP contribution < -0.4 is 5.01 Å². The molecule has 1 aliphatic heterocycles. The Labute approximate surface area is 144 Å². The minimum atomic E-state index is 0.253. The number of anilines is 1. The summed E-state index contributed by atoms with van der Waals surface area (Å²) < 4.78 is 0. The van der Waals surface area contributed by atoms with E-state index in [-0.39, 0.29) is 6.04 Å². The molecular formula is C19H15ClN2S. The molecule has 23 heavy (non-hydrogen) atoms. The van der Waals surface area contributed by atoms with Gasteiger partial charge in [0.25, 0.3) is 0 Å². The van der Waals surface area contributed by atoms with Gasteiger partial charge in [-0.2, -0.15) is 5.10 Å². The molecule has 0 radical (unpaired) electrons. The predicted molar refractivity (Wildman–Crippen MR) is 98.6 cm³/mol. The smallest absolute Gasteiger partial charge is 0.0923 e. The molecule has 4 heteroatoms. The van der Waals surface area contributed by atoms with Crippen molar-refractivity contribution in [3.63, 3.8) is 0 Å². The van der Waals surface area contributed by atoms with Gasteiger partial charge in [0, 0.05) is 16.3 Å². The molecule has 0 N–H and O–H groups in total. The van der Waals surface area contributed by atoms with E-state index in [4.69, 9.17) is 16.7 Å². The van der Waals surface area contributed by atoms with E-state index in [0.717, 1.165) is 28.4 Å². The Bertz CT molecular complexity index is 810. The van der Waals surface area contributed by atoms with Gasteiger partial charge in [0.05, 0.1) is 17.4 Å². The number of para-hydroxylation sites is 1. The minimum Gasteiger partial charge on any atom is -0.257 e. The van der Waals surface area contributed by atoms with E-state index in [9.17, 15) is 0 Å². The fourth-order valence-electron chi connectivity index (χ4n) is 2.85. The zero-order valence-electron chi connectivity index (χ0n) is 12.4. The first-order valence-corrected chi connectivity index (χ1v) is 8.78. The molecule has 3 aromatic rings. The number of hydrazone groups is 1. The highest BCUT2D eigenvalue weighted by molar-refractivity contribution is 7.10. The Balaban J connectivity index is 1.73. The van der Waals surface area contributed by atoms with Gasteiger partial charge in [-0.05, 0) is 41.3 Å². The first kappa shape index (κ1) is 14.5. The van der Waals surface area contributed by atoms with E-state index in [1.54, 1.807) is 11.3 Å². The van der Waals surface area contributed by atoms with Crippen LogP contribution in [-0.2, 0) is 0 Å². The van der Waals surface area contributed by atoms with Crippen LogP contribution in [0.1, 0.15) is 22.9 Å². The van der Waals surface area contributed by atoms with Gasteiger partial charge < -0.3 is 0 Å². The second-order valence-electron chi connectivity index (χ2n) is 5.47. The molecule has 0 saturated carbocycles. The minimum absolute atomic E-state index is 0.253. The molecule has 0 fully saturated rings. The summed E-state index contributed by atoms with van der Waals surface area (Å²) in [6, 6.07) is 22.8. The molecule has 4 rings (SSSR count). The van der Waals surface area contributed by atoms with Crippen molar-refractivity contribution in [2.24, 2.45) is 5.10 Å². The highest BCUT2D eigenvalue weighted by atomic mass is 35.5. The van der Waals surface area contributed by atoms with Gasteiger partial charge in [0.2, 0.25) is 0 Å². The largest absolute Gasteiger partial charge is 0.257 e. The highest BCUT2D eigenvalue weighted by Gasteiger charge is 2.30. The lowest BCUT2D eigenvalue weighted by Crippen LogP contribution is -2.17. The average molecular weight is 339 g/mol. The van der Waals surface area contributed by atoms with E-state index >= 15 is 0 Å². The summed E-state index contributed by atoms with van der Waals surface area (Å²) in [5, 5.41) is 9.92. The third-order valence-electron chi connectivity index (χ3n) is 3.98. The van der Waals surface area contributed by atoms with E-state index < -0.39 is 0 Å². The van der Waals surface area contributed by atoms with Gasteiger partial charge in [0.15, 0.2) is 0 Å². The number of rotatable bonds is 3. The summed E-state index contributed by atoms with van der Waals surface area (Å²) >= 11 is 7.79. The van der Waals surface area contributed by atoms with Crippen molar-refractivity contribution >= 4 is 34.3 Å². The van der Waals surface area contributed by atoms with Gasteiger partial charge in [-0.15, -0.1) is 11.3 Å². The van der Waals surface area contributed by atoms with Gasteiger partial charge >= 0.3 is 0 Å². The van der Waals surface area contributed by atoms with Crippen molar-refractivity contribution in [3.05, 3.63) is 87.6 Å². The normalized spacial score (nSPS) is 17.3. The second-order valence-corrected chi connectivity index (χ2v) is 6.88. The van der Waals surface area contributed by atoms with Crippen molar-refractivity contribution in [1.82, 2.24) is 0 Å². The molecule has 1 atom stereocenters. The average Bonchev–Trinajstić information content (AvgIpc) is 3.26. The molecule has 2 heterocycles. The molecule has 114 valence electrons. The van der Waals surface area contributed by atoms with Crippen molar-refractivity contribution in [1.29, 1.82) is 0 Å². The Kier molecular flexibility index (Phi) is 3.90. The first-order valence-electron chi connectivity index (χ1n) is 7.52. The second kappa shape index (κ2) is 6.19. The summed E-state index contributed by atoms with van der Waals surface area (Å²) in [6.45, 7) is 0. The number of nitrogens with zero attached hydrogens (tertiary/aromatic N) is 2. The number of halogens is 1. The molecule has 0 saturated heterocycles. The van der Waals surface area contributed by atoms with Crippen LogP contribution in [0.2, 0.25) is 5.02 Å². The van der Waals surface area contributed by atoms with Crippen LogP contribution in [-0.4, -0.2) is 5.71 Å². The summed E-state index contributed by atoms with van der Waals surface area (Å²) in [4.78, 5) is 1.33. The van der Waals surface area contributed by atoms with Crippen molar-refractivity contribution in [2.75, 3.05) is 5.01 Å². The van der Waals surface area contributed by atoms with Crippen LogP contribution >= 0.6 is 22.9 Å². The topological polar surface area (TPSA) is 15.6 Å². The maximum absolute atomic E-state index is 6.00. The van der Waals surface area contributed by atoms with Crippen molar-refractivity contribution in [2.45, 2.75) is 12.5 Å². The first-order chi connectivity index (χ1) is 11.3. The number of benzene rings is 2. The van der Waals surface area contributed by atoms with Crippen LogP contribution in [0.4, 0.5) is 5.69 Å².